The molecule has 16 heavy (non-hydrogen) atoms. The maximum Gasteiger partial charge on any atom is 0.241 e. The van der Waals surface area contributed by atoms with Crippen LogP contribution in [0.2, 0.25) is 0 Å². The summed E-state index contributed by atoms with van der Waals surface area (Å²) in [6, 6.07) is 0. The maximum absolute atomic E-state index is 13.0. The molecule has 0 aliphatic rings. The molecule has 3 atom stereocenters. The number of rotatable bonds is 7. The zero-order valence-electron chi connectivity index (χ0n) is 8.64. The van der Waals surface area contributed by atoms with Crippen LogP contribution in [-0.2, 0) is 4.79 Å². The topological polar surface area (TPSA) is 17.1 Å². The molecule has 0 aliphatic carbocycles. The first-order valence-corrected chi connectivity index (χ1v) is 5.67. The van der Waals surface area contributed by atoms with Crippen LogP contribution in [0.5, 0.6) is 0 Å². The molecule has 0 N–H and O–H groups in total. The zero-order chi connectivity index (χ0) is 12.7. The summed E-state index contributed by atoms with van der Waals surface area (Å²) in [7, 11) is 0. The normalized spacial score (nSPS) is 17.2. The molecule has 0 aromatic rings. The summed E-state index contributed by atoms with van der Waals surface area (Å²) < 4.78 is 62.0. The Morgan fingerprint density at radius 3 is 2.12 bits per heavy atom. The van der Waals surface area contributed by atoms with Crippen molar-refractivity contribution < 1.29 is 26.7 Å². The van der Waals surface area contributed by atoms with E-state index in [1.807, 2.05) is 0 Å². The summed E-state index contributed by atoms with van der Waals surface area (Å²) in [5, 5.41) is -0.257. The Balaban J connectivity index is 3.87. The smallest absolute Gasteiger partial charge is 0.241 e. The van der Waals surface area contributed by atoms with E-state index in [4.69, 9.17) is 0 Å². The Morgan fingerprint density at radius 1 is 1.12 bits per heavy atom. The lowest BCUT2D eigenvalue weighted by molar-refractivity contribution is -0.109. The molecule has 0 aliphatic heterocycles. The third kappa shape index (κ3) is 7.03. The Morgan fingerprint density at radius 2 is 1.69 bits per heavy atom. The van der Waals surface area contributed by atoms with E-state index < -0.39 is 31.4 Å². The lowest BCUT2D eigenvalue weighted by atomic mass is 10.1. The highest BCUT2D eigenvalue weighted by molar-refractivity contribution is 8.13. The Kier molecular flexibility index (Phi) is 7.70. The quantitative estimate of drug-likeness (QED) is 0.656. The van der Waals surface area contributed by atoms with Crippen LogP contribution < -0.4 is 0 Å². The van der Waals surface area contributed by atoms with Gasteiger partial charge < -0.3 is 0 Å². The Bertz CT molecular complexity index is 214. The second kappa shape index (κ2) is 7.86. The number of carbonyl (C=O) groups excluding carboxylic acids is 1. The van der Waals surface area contributed by atoms with Gasteiger partial charge in [0.2, 0.25) is 6.43 Å². The van der Waals surface area contributed by atoms with Crippen molar-refractivity contribution in [2.24, 2.45) is 0 Å². The minimum atomic E-state index is -2.99. The highest BCUT2D eigenvalue weighted by atomic mass is 32.2. The van der Waals surface area contributed by atoms with Crippen LogP contribution in [-0.4, -0.2) is 35.8 Å². The average molecular weight is 264 g/mol. The van der Waals surface area contributed by atoms with Crippen molar-refractivity contribution in [2.45, 2.75) is 44.7 Å². The van der Waals surface area contributed by atoms with Gasteiger partial charge in [0, 0.05) is 19.1 Å². The first-order valence-electron chi connectivity index (χ1n) is 4.68. The highest BCUT2D eigenvalue weighted by Crippen LogP contribution is 2.21. The highest BCUT2D eigenvalue weighted by Gasteiger charge is 2.31. The first kappa shape index (κ1) is 15.7. The second-order valence-corrected chi connectivity index (χ2v) is 4.50. The fourth-order valence-electron chi connectivity index (χ4n) is 1.00. The van der Waals surface area contributed by atoms with Crippen LogP contribution in [0.3, 0.4) is 0 Å². The van der Waals surface area contributed by atoms with Crippen molar-refractivity contribution in [3.8, 4) is 0 Å². The summed E-state index contributed by atoms with van der Waals surface area (Å²) >= 11 is 0.786. The van der Waals surface area contributed by atoms with Crippen LogP contribution >= 0.6 is 11.8 Å². The van der Waals surface area contributed by atoms with E-state index in [2.05, 4.69) is 0 Å². The maximum atomic E-state index is 13.0. The number of halogens is 5. The molecule has 0 saturated carbocycles. The molecule has 0 fully saturated rings. The lowest BCUT2D eigenvalue weighted by Crippen LogP contribution is -2.30. The van der Waals surface area contributed by atoms with Gasteiger partial charge in [-0.15, -0.1) is 0 Å². The predicted octanol–water partition coefficient (Wildman–Crippen LogP) is 3.33. The third-order valence-corrected chi connectivity index (χ3v) is 2.64. The van der Waals surface area contributed by atoms with Gasteiger partial charge in [0.15, 0.2) is 11.3 Å². The fourth-order valence-corrected chi connectivity index (χ4v) is 1.63. The van der Waals surface area contributed by atoms with Crippen molar-refractivity contribution in [2.75, 3.05) is 5.75 Å². The number of carbonyl (C=O) groups is 1. The van der Waals surface area contributed by atoms with Gasteiger partial charge in [0.25, 0.3) is 0 Å². The molecular formula is C9H13F5OS. The Labute approximate surface area is 94.8 Å². The van der Waals surface area contributed by atoms with Gasteiger partial charge in [-0.3, -0.25) is 4.79 Å². The summed E-state index contributed by atoms with van der Waals surface area (Å²) in [6.45, 7) is 1.26. The molecule has 0 bridgehead atoms. The van der Waals surface area contributed by atoms with Crippen LogP contribution in [0.1, 0.15) is 19.8 Å². The zero-order valence-corrected chi connectivity index (χ0v) is 9.45. The molecule has 7 heteroatoms. The summed E-state index contributed by atoms with van der Waals surface area (Å²) in [4.78, 5) is 10.4. The minimum absolute atomic E-state index is 0.0122. The molecule has 0 rings (SSSR count). The molecule has 0 aromatic heterocycles. The SMILES string of the molecule is CC(=O)SCCC(F)C(F)C(F)CC(F)F. The van der Waals surface area contributed by atoms with Gasteiger partial charge in [-0.05, 0) is 6.42 Å². The molecule has 1 nitrogen and oxygen atoms in total. The van der Waals surface area contributed by atoms with Crippen molar-refractivity contribution in [1.82, 2.24) is 0 Å². The van der Waals surface area contributed by atoms with E-state index in [1.54, 1.807) is 0 Å². The number of hydrogen-bond donors (Lipinski definition) is 0. The van der Waals surface area contributed by atoms with Gasteiger partial charge in [0.05, 0.1) is 0 Å². The first-order chi connectivity index (χ1) is 7.34. The molecule has 0 amide bonds. The molecular weight excluding hydrogens is 251 g/mol. The predicted molar refractivity (Wildman–Crippen MR) is 53.1 cm³/mol. The van der Waals surface area contributed by atoms with E-state index >= 15 is 0 Å². The van der Waals surface area contributed by atoms with Gasteiger partial charge in [-0.25, -0.2) is 22.0 Å². The largest absolute Gasteiger partial charge is 0.288 e. The summed E-state index contributed by atoms with van der Waals surface area (Å²) in [6.07, 6.45) is -11.9. The average Bonchev–Trinajstić information content (AvgIpc) is 2.14. The molecule has 0 saturated heterocycles. The lowest BCUT2D eigenvalue weighted by Gasteiger charge is -2.16. The van der Waals surface area contributed by atoms with E-state index in [0.717, 1.165) is 11.8 Å². The van der Waals surface area contributed by atoms with E-state index in [9.17, 15) is 26.7 Å². The third-order valence-electron chi connectivity index (χ3n) is 1.79. The summed E-state index contributed by atoms with van der Waals surface area (Å²) in [5.74, 6) is 0.0122. The van der Waals surface area contributed by atoms with Crippen molar-refractivity contribution in [3.63, 3.8) is 0 Å². The molecule has 0 aromatic carbocycles. The number of alkyl halides is 5. The minimum Gasteiger partial charge on any atom is -0.288 e. The van der Waals surface area contributed by atoms with Gasteiger partial charge in [0.1, 0.15) is 12.3 Å². The van der Waals surface area contributed by atoms with Crippen LogP contribution in [0, 0.1) is 0 Å². The van der Waals surface area contributed by atoms with Crippen molar-refractivity contribution >= 4 is 16.9 Å². The van der Waals surface area contributed by atoms with E-state index in [0.29, 0.717) is 0 Å². The second-order valence-electron chi connectivity index (χ2n) is 3.23. The van der Waals surface area contributed by atoms with Crippen molar-refractivity contribution in [3.05, 3.63) is 0 Å². The van der Waals surface area contributed by atoms with Gasteiger partial charge in [-0.2, -0.15) is 0 Å². The number of hydrogen-bond acceptors (Lipinski definition) is 2. The molecule has 0 spiro atoms. The molecule has 0 radical (unpaired) electrons. The van der Waals surface area contributed by atoms with Gasteiger partial charge >= 0.3 is 0 Å². The molecule has 3 unspecified atom stereocenters. The van der Waals surface area contributed by atoms with Crippen LogP contribution in [0.25, 0.3) is 0 Å². The van der Waals surface area contributed by atoms with E-state index in [1.165, 1.54) is 6.92 Å². The van der Waals surface area contributed by atoms with Crippen LogP contribution in [0.4, 0.5) is 22.0 Å². The fraction of sp³-hybridized carbons (Fsp3) is 0.889. The van der Waals surface area contributed by atoms with E-state index in [-0.39, 0.29) is 17.3 Å². The van der Waals surface area contributed by atoms with Crippen LogP contribution in [0.15, 0.2) is 0 Å². The van der Waals surface area contributed by atoms with Crippen molar-refractivity contribution in [1.29, 1.82) is 0 Å². The standard InChI is InChI=1S/C9H13F5OS/c1-5(15)16-3-2-6(10)9(14)7(11)4-8(12)13/h6-9H,2-4H2,1H3. The Hall–Kier alpha value is -0.330. The number of thioether (sulfide) groups is 1. The molecule has 0 heterocycles. The van der Waals surface area contributed by atoms with Gasteiger partial charge in [-0.1, -0.05) is 11.8 Å². The summed E-state index contributed by atoms with van der Waals surface area (Å²) in [5.41, 5.74) is 0. The molecule has 96 valence electrons. The monoisotopic (exact) mass is 264 g/mol.